The van der Waals surface area contributed by atoms with Gasteiger partial charge in [0.2, 0.25) is 5.91 Å². The van der Waals surface area contributed by atoms with Crippen molar-refractivity contribution in [3.63, 3.8) is 0 Å². The Labute approximate surface area is 171 Å². The fraction of sp³-hybridized carbons (Fsp3) is 0.417. The van der Waals surface area contributed by atoms with Crippen LogP contribution in [-0.4, -0.2) is 36.5 Å². The zero-order valence-corrected chi connectivity index (χ0v) is 16.9. The molecule has 0 aromatic heterocycles. The average Bonchev–Trinajstić information content (AvgIpc) is 3.02. The molecule has 1 unspecified atom stereocenters. The molecule has 29 heavy (non-hydrogen) atoms. The Kier molecular flexibility index (Phi) is 5.56. The first-order chi connectivity index (χ1) is 14.1. The van der Waals surface area contributed by atoms with Crippen molar-refractivity contribution in [2.75, 3.05) is 19.7 Å². The molecular weight excluding hydrogens is 366 g/mol. The monoisotopic (exact) mass is 393 g/mol. The predicted molar refractivity (Wildman–Crippen MR) is 110 cm³/mol. The zero-order chi connectivity index (χ0) is 20.3. The van der Waals surface area contributed by atoms with E-state index < -0.39 is 5.60 Å². The van der Waals surface area contributed by atoms with Crippen molar-refractivity contribution < 1.29 is 19.1 Å². The van der Waals surface area contributed by atoms with Crippen LogP contribution in [0.15, 0.2) is 48.5 Å². The van der Waals surface area contributed by atoms with Crippen molar-refractivity contribution in [3.8, 4) is 5.75 Å². The SMILES string of the molecule is CCCOc1ccc(CCC(=O)N2CCCC3(C2)OC(=O)c2ccccc23)cc1. The number of hydrogen-bond donors (Lipinski definition) is 0. The molecule has 0 saturated carbocycles. The van der Waals surface area contributed by atoms with Crippen LogP contribution in [0.5, 0.6) is 5.75 Å². The number of hydrogen-bond acceptors (Lipinski definition) is 4. The highest BCUT2D eigenvalue weighted by molar-refractivity contribution is 5.95. The number of nitrogens with zero attached hydrogens (tertiary/aromatic N) is 1. The summed E-state index contributed by atoms with van der Waals surface area (Å²) in [5.74, 6) is 0.692. The summed E-state index contributed by atoms with van der Waals surface area (Å²) in [7, 11) is 0. The normalized spacial score (nSPS) is 20.4. The van der Waals surface area contributed by atoms with E-state index in [0.717, 1.165) is 36.1 Å². The number of likely N-dealkylation sites (tertiary alicyclic amines) is 1. The Morgan fingerprint density at radius 1 is 1.17 bits per heavy atom. The van der Waals surface area contributed by atoms with Gasteiger partial charge in [-0.3, -0.25) is 4.79 Å². The van der Waals surface area contributed by atoms with Gasteiger partial charge in [-0.2, -0.15) is 0 Å². The van der Waals surface area contributed by atoms with E-state index in [4.69, 9.17) is 9.47 Å². The minimum absolute atomic E-state index is 0.107. The Balaban J connectivity index is 1.38. The molecule has 2 aromatic carbocycles. The number of benzene rings is 2. The number of piperidine rings is 1. The third kappa shape index (κ3) is 4.00. The molecule has 4 rings (SSSR count). The van der Waals surface area contributed by atoms with E-state index in [2.05, 4.69) is 6.92 Å². The molecule has 2 heterocycles. The van der Waals surface area contributed by atoms with Crippen LogP contribution < -0.4 is 4.74 Å². The van der Waals surface area contributed by atoms with Gasteiger partial charge in [-0.15, -0.1) is 0 Å². The minimum Gasteiger partial charge on any atom is -0.494 e. The number of fused-ring (bicyclic) bond motifs is 2. The van der Waals surface area contributed by atoms with Crippen LogP contribution in [0.25, 0.3) is 0 Å². The second kappa shape index (κ2) is 8.27. The summed E-state index contributed by atoms with van der Waals surface area (Å²) in [6.45, 7) is 3.94. The van der Waals surface area contributed by atoms with Crippen LogP contribution in [0.2, 0.25) is 0 Å². The second-order valence-electron chi connectivity index (χ2n) is 7.84. The van der Waals surface area contributed by atoms with Crippen molar-refractivity contribution in [1.82, 2.24) is 4.90 Å². The van der Waals surface area contributed by atoms with Crippen molar-refractivity contribution >= 4 is 11.9 Å². The summed E-state index contributed by atoms with van der Waals surface area (Å²) < 4.78 is 11.4. The number of aryl methyl sites for hydroxylation is 1. The zero-order valence-electron chi connectivity index (χ0n) is 16.9. The van der Waals surface area contributed by atoms with Gasteiger partial charge in [0, 0.05) is 18.5 Å². The number of carbonyl (C=O) groups is 2. The van der Waals surface area contributed by atoms with Gasteiger partial charge >= 0.3 is 5.97 Å². The van der Waals surface area contributed by atoms with E-state index >= 15 is 0 Å². The lowest BCUT2D eigenvalue weighted by molar-refractivity contribution is -0.138. The average molecular weight is 393 g/mol. The van der Waals surface area contributed by atoms with E-state index in [9.17, 15) is 9.59 Å². The third-order valence-corrected chi connectivity index (χ3v) is 5.76. The van der Waals surface area contributed by atoms with Crippen molar-refractivity contribution in [2.45, 2.75) is 44.6 Å². The minimum atomic E-state index is -0.681. The van der Waals surface area contributed by atoms with Gasteiger partial charge < -0.3 is 14.4 Å². The molecule has 2 aliphatic rings. The largest absolute Gasteiger partial charge is 0.494 e. The fourth-order valence-electron chi connectivity index (χ4n) is 4.27. The van der Waals surface area contributed by atoms with Gasteiger partial charge in [0.15, 0.2) is 5.60 Å². The molecule has 152 valence electrons. The lowest BCUT2D eigenvalue weighted by Gasteiger charge is -2.39. The molecule has 1 saturated heterocycles. The Morgan fingerprint density at radius 2 is 1.97 bits per heavy atom. The summed E-state index contributed by atoms with van der Waals surface area (Å²) in [5.41, 5.74) is 1.99. The molecule has 1 amide bonds. The summed E-state index contributed by atoms with van der Waals surface area (Å²) >= 11 is 0. The molecule has 1 fully saturated rings. The van der Waals surface area contributed by atoms with Crippen molar-refractivity contribution in [1.29, 1.82) is 0 Å². The van der Waals surface area contributed by atoms with E-state index in [1.165, 1.54) is 0 Å². The quantitative estimate of drug-likeness (QED) is 0.694. The maximum absolute atomic E-state index is 12.9. The molecule has 0 bridgehead atoms. The van der Waals surface area contributed by atoms with Crippen LogP contribution >= 0.6 is 0 Å². The van der Waals surface area contributed by atoms with Crippen LogP contribution in [0.3, 0.4) is 0 Å². The highest BCUT2D eigenvalue weighted by Crippen LogP contribution is 2.42. The second-order valence-corrected chi connectivity index (χ2v) is 7.84. The molecule has 0 N–H and O–H groups in total. The van der Waals surface area contributed by atoms with Gasteiger partial charge in [-0.25, -0.2) is 4.79 Å². The van der Waals surface area contributed by atoms with Gasteiger partial charge in [-0.05, 0) is 49.4 Å². The number of carbonyl (C=O) groups excluding carboxylic acids is 2. The van der Waals surface area contributed by atoms with E-state index in [1.54, 1.807) is 6.07 Å². The van der Waals surface area contributed by atoms with E-state index in [0.29, 0.717) is 38.1 Å². The molecule has 5 nitrogen and oxygen atoms in total. The van der Waals surface area contributed by atoms with Crippen molar-refractivity contribution in [3.05, 3.63) is 65.2 Å². The summed E-state index contributed by atoms with van der Waals surface area (Å²) in [5, 5.41) is 0. The van der Waals surface area contributed by atoms with Gasteiger partial charge in [0.25, 0.3) is 0 Å². The predicted octanol–water partition coefficient (Wildman–Crippen LogP) is 4.10. The Bertz CT molecular complexity index is 892. The van der Waals surface area contributed by atoms with Gasteiger partial charge in [0.05, 0.1) is 18.7 Å². The third-order valence-electron chi connectivity index (χ3n) is 5.76. The lowest BCUT2D eigenvalue weighted by Crippen LogP contribution is -2.48. The molecule has 2 aliphatic heterocycles. The number of amides is 1. The Hall–Kier alpha value is -2.82. The molecule has 2 aromatic rings. The van der Waals surface area contributed by atoms with Crippen LogP contribution in [0.4, 0.5) is 0 Å². The van der Waals surface area contributed by atoms with Crippen LogP contribution in [0, 0.1) is 0 Å². The lowest BCUT2D eigenvalue weighted by atomic mass is 9.85. The number of esters is 1. The molecule has 1 atom stereocenters. The molecule has 0 radical (unpaired) electrons. The number of rotatable bonds is 6. The summed E-state index contributed by atoms with van der Waals surface area (Å²) in [6.07, 6.45) is 3.70. The molecule has 1 spiro atoms. The highest BCUT2D eigenvalue weighted by Gasteiger charge is 2.48. The smallest absolute Gasteiger partial charge is 0.339 e. The summed E-state index contributed by atoms with van der Waals surface area (Å²) in [6, 6.07) is 15.5. The maximum Gasteiger partial charge on any atom is 0.339 e. The van der Waals surface area contributed by atoms with Crippen molar-refractivity contribution in [2.24, 2.45) is 0 Å². The first-order valence-electron chi connectivity index (χ1n) is 10.4. The highest BCUT2D eigenvalue weighted by atomic mass is 16.6. The standard InChI is InChI=1S/C24H27NO4/c1-2-16-28-19-11-8-18(9-12-19)10-13-22(26)25-15-5-14-24(17-25)21-7-4-3-6-20(21)23(27)29-24/h3-4,6-9,11-12H,2,5,10,13-17H2,1H3. The van der Waals surface area contributed by atoms with Crippen LogP contribution in [0.1, 0.15) is 54.1 Å². The molecule has 0 aliphatic carbocycles. The fourth-order valence-corrected chi connectivity index (χ4v) is 4.27. The number of ether oxygens (including phenoxy) is 2. The molecule has 5 heteroatoms. The van der Waals surface area contributed by atoms with Gasteiger partial charge in [0.1, 0.15) is 5.75 Å². The van der Waals surface area contributed by atoms with E-state index in [1.807, 2.05) is 47.4 Å². The van der Waals surface area contributed by atoms with E-state index in [-0.39, 0.29) is 11.9 Å². The maximum atomic E-state index is 12.9. The summed E-state index contributed by atoms with van der Waals surface area (Å²) in [4.78, 5) is 27.0. The first-order valence-corrected chi connectivity index (χ1v) is 10.4. The topological polar surface area (TPSA) is 55.8 Å². The molecular formula is C24H27NO4. The van der Waals surface area contributed by atoms with Crippen LogP contribution in [-0.2, 0) is 21.6 Å². The first kappa shape index (κ1) is 19.5. The Morgan fingerprint density at radius 3 is 2.76 bits per heavy atom. The van der Waals surface area contributed by atoms with Gasteiger partial charge in [-0.1, -0.05) is 37.3 Å².